The minimum atomic E-state index is -0.228. The molecule has 8 heteroatoms. The summed E-state index contributed by atoms with van der Waals surface area (Å²) in [6, 6.07) is 13.1. The number of ether oxygens (including phenoxy) is 1. The van der Waals surface area contributed by atoms with Gasteiger partial charge in [0.2, 0.25) is 5.91 Å². The van der Waals surface area contributed by atoms with Crippen molar-refractivity contribution >= 4 is 29.0 Å². The summed E-state index contributed by atoms with van der Waals surface area (Å²) in [4.78, 5) is 35.9. The first-order valence-corrected chi connectivity index (χ1v) is 11.1. The molecule has 0 bridgehead atoms. The second-order valence-electron chi connectivity index (χ2n) is 8.34. The lowest BCUT2D eigenvalue weighted by atomic mass is 10.0. The van der Waals surface area contributed by atoms with Gasteiger partial charge in [0.05, 0.1) is 36.9 Å². The maximum absolute atomic E-state index is 13.2. The van der Waals surface area contributed by atoms with E-state index < -0.39 is 0 Å². The van der Waals surface area contributed by atoms with Crippen molar-refractivity contribution in [1.82, 2.24) is 4.98 Å². The molecule has 2 amide bonds. The molecule has 3 aromatic rings. The van der Waals surface area contributed by atoms with Crippen LogP contribution in [0.25, 0.3) is 11.1 Å². The number of amides is 2. The molecule has 2 aromatic heterocycles. The lowest BCUT2D eigenvalue weighted by Crippen LogP contribution is -2.51. The van der Waals surface area contributed by atoms with E-state index >= 15 is 0 Å². The molecule has 0 spiro atoms. The third-order valence-corrected chi connectivity index (χ3v) is 6.15. The molecule has 0 aliphatic carbocycles. The second-order valence-corrected chi connectivity index (χ2v) is 8.34. The van der Waals surface area contributed by atoms with Gasteiger partial charge in [-0.25, -0.2) is 4.98 Å². The lowest BCUT2D eigenvalue weighted by molar-refractivity contribution is -0.117. The van der Waals surface area contributed by atoms with Crippen molar-refractivity contribution in [2.75, 3.05) is 47.5 Å². The van der Waals surface area contributed by atoms with Crippen molar-refractivity contribution in [3.63, 3.8) is 0 Å². The first kappa shape index (κ1) is 21.2. The van der Waals surface area contributed by atoms with Crippen molar-refractivity contribution in [2.45, 2.75) is 19.9 Å². The Labute approximate surface area is 192 Å². The highest BCUT2D eigenvalue weighted by Crippen LogP contribution is 2.39. The van der Waals surface area contributed by atoms with Crippen molar-refractivity contribution < 1.29 is 18.7 Å². The standard InChI is InChI=1S/C25H26N4O4/c1-17-16-28(25(31)23-4-3-11-33-23)22-14-19(5-7-21(22)29(17)18(2)30)20-6-8-24(26-15-20)27-9-12-32-13-10-27/h3-8,11,14-15,17H,9-10,12-13,16H2,1-2H3/t17-/m0/s1. The quantitative estimate of drug-likeness (QED) is 0.612. The van der Waals surface area contributed by atoms with Crippen LogP contribution in [-0.4, -0.2) is 55.7 Å². The Kier molecular flexibility index (Phi) is 5.60. The smallest absolute Gasteiger partial charge is 0.294 e. The van der Waals surface area contributed by atoms with E-state index in [1.165, 1.54) is 6.26 Å². The predicted octanol–water partition coefficient (Wildman–Crippen LogP) is 3.58. The number of nitrogens with zero attached hydrogens (tertiary/aromatic N) is 4. The zero-order chi connectivity index (χ0) is 22.9. The number of hydrogen-bond donors (Lipinski definition) is 0. The summed E-state index contributed by atoms with van der Waals surface area (Å²) < 4.78 is 10.8. The van der Waals surface area contributed by atoms with Crippen molar-refractivity contribution in [3.8, 4) is 11.1 Å². The van der Waals surface area contributed by atoms with Crippen molar-refractivity contribution in [2.24, 2.45) is 0 Å². The van der Waals surface area contributed by atoms with Gasteiger partial charge in [-0.3, -0.25) is 9.59 Å². The van der Waals surface area contributed by atoms with Crippen LogP contribution in [0.1, 0.15) is 24.4 Å². The highest BCUT2D eigenvalue weighted by Gasteiger charge is 2.35. The summed E-state index contributed by atoms with van der Waals surface area (Å²) in [5, 5.41) is 0. The maximum Gasteiger partial charge on any atom is 0.294 e. The van der Waals surface area contributed by atoms with Gasteiger partial charge in [0.1, 0.15) is 5.82 Å². The monoisotopic (exact) mass is 446 g/mol. The minimum Gasteiger partial charge on any atom is -0.459 e. The Bertz CT molecular complexity index is 1150. The number of morpholine rings is 1. The van der Waals surface area contributed by atoms with Crippen LogP contribution in [0.2, 0.25) is 0 Å². The molecule has 2 aliphatic rings. The fourth-order valence-corrected chi connectivity index (χ4v) is 4.55. The molecule has 0 radical (unpaired) electrons. The number of pyridine rings is 1. The van der Waals surface area contributed by atoms with E-state index in [1.54, 1.807) is 28.9 Å². The van der Waals surface area contributed by atoms with Gasteiger partial charge >= 0.3 is 0 Å². The van der Waals surface area contributed by atoms with E-state index in [9.17, 15) is 9.59 Å². The molecular formula is C25H26N4O4. The van der Waals surface area contributed by atoms with Crippen LogP contribution in [-0.2, 0) is 9.53 Å². The molecule has 33 heavy (non-hydrogen) atoms. The number of rotatable bonds is 3. The molecule has 1 aromatic carbocycles. The topological polar surface area (TPSA) is 79.1 Å². The maximum atomic E-state index is 13.2. The zero-order valence-electron chi connectivity index (χ0n) is 18.7. The van der Waals surface area contributed by atoms with Gasteiger partial charge in [0, 0.05) is 38.3 Å². The van der Waals surface area contributed by atoms with Crippen LogP contribution in [0.15, 0.2) is 59.3 Å². The number of carbonyl (C=O) groups excluding carboxylic acids is 2. The second kappa shape index (κ2) is 8.71. The number of aromatic nitrogens is 1. The van der Waals surface area contributed by atoms with Gasteiger partial charge in [-0.2, -0.15) is 0 Å². The van der Waals surface area contributed by atoms with Crippen LogP contribution in [0, 0.1) is 0 Å². The Morgan fingerprint density at radius 2 is 1.82 bits per heavy atom. The van der Waals surface area contributed by atoms with E-state index in [1.807, 2.05) is 43.5 Å². The molecule has 170 valence electrons. The summed E-state index contributed by atoms with van der Waals surface area (Å²) >= 11 is 0. The Balaban J connectivity index is 1.51. The van der Waals surface area contributed by atoms with E-state index in [4.69, 9.17) is 9.15 Å². The summed E-state index contributed by atoms with van der Waals surface area (Å²) in [5.41, 5.74) is 3.25. The van der Waals surface area contributed by atoms with Gasteiger partial charge in [0.25, 0.3) is 5.91 Å². The van der Waals surface area contributed by atoms with Crippen molar-refractivity contribution in [3.05, 3.63) is 60.7 Å². The first-order valence-electron chi connectivity index (χ1n) is 11.1. The number of carbonyl (C=O) groups is 2. The number of benzene rings is 1. The molecular weight excluding hydrogens is 420 g/mol. The number of anilines is 3. The number of furan rings is 1. The lowest BCUT2D eigenvalue weighted by Gasteiger charge is -2.40. The summed E-state index contributed by atoms with van der Waals surface area (Å²) in [5.74, 6) is 0.907. The number of hydrogen-bond acceptors (Lipinski definition) is 6. The number of fused-ring (bicyclic) bond motifs is 1. The zero-order valence-corrected chi connectivity index (χ0v) is 18.7. The molecule has 0 N–H and O–H groups in total. The highest BCUT2D eigenvalue weighted by atomic mass is 16.5. The van der Waals surface area contributed by atoms with Gasteiger partial charge in [-0.15, -0.1) is 0 Å². The molecule has 0 saturated carbocycles. The summed E-state index contributed by atoms with van der Waals surface area (Å²) in [7, 11) is 0. The Hall–Kier alpha value is -3.65. The van der Waals surface area contributed by atoms with Crippen molar-refractivity contribution in [1.29, 1.82) is 0 Å². The normalized spacial score (nSPS) is 18.2. The largest absolute Gasteiger partial charge is 0.459 e. The molecule has 2 aliphatic heterocycles. The third kappa shape index (κ3) is 3.98. The Morgan fingerprint density at radius 1 is 1.03 bits per heavy atom. The summed E-state index contributed by atoms with van der Waals surface area (Å²) in [6.07, 6.45) is 3.33. The van der Waals surface area contributed by atoms with E-state index in [-0.39, 0.29) is 23.6 Å². The molecule has 1 atom stereocenters. The molecule has 4 heterocycles. The van der Waals surface area contributed by atoms with E-state index in [0.717, 1.165) is 30.0 Å². The predicted molar refractivity (Wildman–Crippen MR) is 126 cm³/mol. The summed E-state index contributed by atoms with van der Waals surface area (Å²) in [6.45, 7) is 6.94. The SMILES string of the molecule is CC(=O)N1c2ccc(-c3ccc(N4CCOCC4)nc3)cc2N(C(=O)c2ccco2)C[C@@H]1C. The highest BCUT2D eigenvalue weighted by molar-refractivity contribution is 6.10. The van der Waals surface area contributed by atoms with Gasteiger partial charge in [-0.1, -0.05) is 6.07 Å². The molecule has 8 nitrogen and oxygen atoms in total. The van der Waals surface area contributed by atoms with Gasteiger partial charge < -0.3 is 23.9 Å². The van der Waals surface area contributed by atoms with E-state index in [2.05, 4.69) is 9.88 Å². The fraction of sp³-hybridized carbons (Fsp3) is 0.320. The molecule has 0 unspecified atom stereocenters. The first-order chi connectivity index (χ1) is 16.0. The molecule has 1 fully saturated rings. The van der Waals surface area contributed by atoms with Crippen LogP contribution < -0.4 is 14.7 Å². The van der Waals surface area contributed by atoms with Gasteiger partial charge in [-0.05, 0) is 48.9 Å². The third-order valence-electron chi connectivity index (χ3n) is 6.15. The van der Waals surface area contributed by atoms with Gasteiger partial charge in [0.15, 0.2) is 5.76 Å². The molecule has 5 rings (SSSR count). The fourth-order valence-electron chi connectivity index (χ4n) is 4.55. The minimum absolute atomic E-state index is 0.0573. The van der Waals surface area contributed by atoms with Crippen LogP contribution in [0.3, 0.4) is 0 Å². The van der Waals surface area contributed by atoms with Crippen LogP contribution in [0.5, 0.6) is 0 Å². The average molecular weight is 447 g/mol. The van der Waals surface area contributed by atoms with E-state index in [0.29, 0.717) is 31.1 Å². The molecule has 1 saturated heterocycles. The Morgan fingerprint density at radius 3 is 2.48 bits per heavy atom. The average Bonchev–Trinajstić information content (AvgIpc) is 3.38. The van der Waals surface area contributed by atoms with Crippen LogP contribution in [0.4, 0.5) is 17.2 Å². The van der Waals surface area contributed by atoms with Crippen LogP contribution >= 0.6 is 0 Å².